The smallest absolute Gasteiger partial charge is 0.369 e. The molecular weight excluding hydrogens is 263 g/mol. The maximum atomic E-state index is 11.9. The molecule has 1 heterocycles. The minimum atomic E-state index is -4.34. The Morgan fingerprint density at radius 2 is 2.00 bits per heavy atom. The average Bonchev–Trinajstić information content (AvgIpc) is 2.27. The molecule has 0 radical (unpaired) electrons. The molecule has 2 amide bonds. The summed E-state index contributed by atoms with van der Waals surface area (Å²) in [7, 11) is 0. The zero-order valence-electron chi connectivity index (χ0n) is 10.7. The number of carbonyl (C=O) groups is 2. The molecule has 3 N–H and O–H groups in total. The van der Waals surface area contributed by atoms with E-state index in [0.717, 1.165) is 0 Å². The highest BCUT2D eigenvalue weighted by atomic mass is 19.4. The fourth-order valence-electron chi connectivity index (χ4n) is 2.10. The summed E-state index contributed by atoms with van der Waals surface area (Å²) >= 11 is 0. The lowest BCUT2D eigenvalue weighted by molar-refractivity contribution is -0.138. The Balaban J connectivity index is 2.47. The van der Waals surface area contributed by atoms with E-state index in [4.69, 9.17) is 5.73 Å². The van der Waals surface area contributed by atoms with Crippen molar-refractivity contribution in [1.29, 1.82) is 0 Å². The number of hydrogen-bond donors (Lipinski definition) is 2. The van der Waals surface area contributed by atoms with Gasteiger partial charge in [0.2, 0.25) is 11.8 Å². The van der Waals surface area contributed by atoms with E-state index in [1.54, 1.807) is 6.92 Å². The number of alkyl halides is 3. The largest absolute Gasteiger partial charge is 0.401 e. The molecule has 8 heteroatoms. The van der Waals surface area contributed by atoms with Crippen LogP contribution in [0, 0.1) is 5.92 Å². The number of nitrogens with one attached hydrogen (secondary N) is 1. The molecule has 1 saturated heterocycles. The van der Waals surface area contributed by atoms with Gasteiger partial charge < -0.3 is 16.0 Å². The summed E-state index contributed by atoms with van der Waals surface area (Å²) in [6, 6.07) is -0.0872. The molecule has 1 aliphatic rings. The maximum absolute atomic E-state index is 11.9. The van der Waals surface area contributed by atoms with Crippen molar-refractivity contribution in [1.82, 2.24) is 10.2 Å². The third-order valence-electron chi connectivity index (χ3n) is 3.21. The van der Waals surface area contributed by atoms with Gasteiger partial charge in [-0.25, -0.2) is 0 Å². The highest BCUT2D eigenvalue weighted by molar-refractivity contribution is 5.81. The summed E-state index contributed by atoms with van der Waals surface area (Å²) in [5.41, 5.74) is 5.19. The molecule has 2 atom stereocenters. The Hall–Kier alpha value is -1.31. The predicted molar refractivity (Wildman–Crippen MR) is 62.0 cm³/mol. The summed E-state index contributed by atoms with van der Waals surface area (Å²) in [5, 5.41) is 2.05. The molecule has 0 aromatic heterocycles. The number of likely N-dealkylation sites (tertiary alicyclic amines) is 1. The standard InChI is InChI=1S/C11H18F3N3O2/c1-7-2-3-8(10(15)19)5-17(7)9(18)4-16-6-11(12,13)14/h7-8,16H,2-6H2,1H3,(H2,15,19). The molecule has 1 aliphatic heterocycles. The lowest BCUT2D eigenvalue weighted by Crippen LogP contribution is -2.51. The third kappa shape index (κ3) is 5.06. The summed E-state index contributed by atoms with van der Waals surface area (Å²) in [5.74, 6) is -1.33. The first-order chi connectivity index (χ1) is 8.70. The van der Waals surface area contributed by atoms with Gasteiger partial charge in [0.25, 0.3) is 0 Å². The molecule has 1 fully saturated rings. The molecule has 5 nitrogen and oxygen atoms in total. The van der Waals surface area contributed by atoms with Crippen molar-refractivity contribution in [2.75, 3.05) is 19.6 Å². The number of primary amides is 1. The minimum Gasteiger partial charge on any atom is -0.369 e. The van der Waals surface area contributed by atoms with Gasteiger partial charge in [-0.15, -0.1) is 0 Å². The maximum Gasteiger partial charge on any atom is 0.401 e. The highest BCUT2D eigenvalue weighted by Gasteiger charge is 2.32. The summed E-state index contributed by atoms with van der Waals surface area (Å²) < 4.78 is 35.8. The van der Waals surface area contributed by atoms with Crippen LogP contribution in [0.4, 0.5) is 13.2 Å². The average molecular weight is 281 g/mol. The summed E-state index contributed by atoms with van der Waals surface area (Å²) in [6.07, 6.45) is -3.11. The number of rotatable bonds is 4. The van der Waals surface area contributed by atoms with Crippen molar-refractivity contribution >= 4 is 11.8 Å². The second kappa shape index (κ2) is 6.23. The minimum absolute atomic E-state index is 0.0872. The zero-order valence-corrected chi connectivity index (χ0v) is 10.7. The quantitative estimate of drug-likeness (QED) is 0.775. The van der Waals surface area contributed by atoms with Crippen LogP contribution >= 0.6 is 0 Å². The van der Waals surface area contributed by atoms with Crippen LogP contribution in [0.15, 0.2) is 0 Å². The van der Waals surface area contributed by atoms with E-state index in [1.165, 1.54) is 4.90 Å². The Morgan fingerprint density at radius 1 is 1.37 bits per heavy atom. The number of piperidine rings is 1. The summed E-state index contributed by atoms with van der Waals surface area (Å²) in [6.45, 7) is 0.386. The van der Waals surface area contributed by atoms with Gasteiger partial charge in [-0.05, 0) is 19.8 Å². The van der Waals surface area contributed by atoms with Gasteiger partial charge in [-0.2, -0.15) is 13.2 Å². The van der Waals surface area contributed by atoms with Crippen LogP contribution in [-0.2, 0) is 9.59 Å². The van der Waals surface area contributed by atoms with Gasteiger partial charge in [0.1, 0.15) is 0 Å². The number of nitrogens with zero attached hydrogens (tertiary/aromatic N) is 1. The Morgan fingerprint density at radius 3 is 2.53 bits per heavy atom. The van der Waals surface area contributed by atoms with E-state index in [0.29, 0.717) is 12.8 Å². The van der Waals surface area contributed by atoms with Crippen LogP contribution < -0.4 is 11.1 Å². The van der Waals surface area contributed by atoms with Gasteiger partial charge >= 0.3 is 6.18 Å². The summed E-state index contributed by atoms with van der Waals surface area (Å²) in [4.78, 5) is 24.3. The van der Waals surface area contributed by atoms with Crippen LogP contribution in [0.5, 0.6) is 0 Å². The van der Waals surface area contributed by atoms with Crippen molar-refractivity contribution in [3.05, 3.63) is 0 Å². The van der Waals surface area contributed by atoms with Gasteiger partial charge in [0.15, 0.2) is 0 Å². The second-order valence-electron chi connectivity index (χ2n) is 4.79. The van der Waals surface area contributed by atoms with Crippen molar-refractivity contribution in [2.45, 2.75) is 32.0 Å². The van der Waals surface area contributed by atoms with E-state index in [9.17, 15) is 22.8 Å². The van der Waals surface area contributed by atoms with E-state index < -0.39 is 37.0 Å². The number of amides is 2. The monoisotopic (exact) mass is 281 g/mol. The number of halogens is 3. The first-order valence-corrected chi connectivity index (χ1v) is 6.07. The van der Waals surface area contributed by atoms with Crippen LogP contribution in [-0.4, -0.2) is 48.6 Å². The van der Waals surface area contributed by atoms with E-state index in [-0.39, 0.29) is 12.6 Å². The normalized spacial score (nSPS) is 24.3. The zero-order chi connectivity index (χ0) is 14.6. The van der Waals surface area contributed by atoms with Crippen LogP contribution in [0.1, 0.15) is 19.8 Å². The molecule has 2 unspecified atom stereocenters. The predicted octanol–water partition coefficient (Wildman–Crippen LogP) is 0.251. The Kier molecular flexibility index (Phi) is 5.16. The molecule has 0 bridgehead atoms. The fraction of sp³-hybridized carbons (Fsp3) is 0.818. The molecule has 0 aliphatic carbocycles. The van der Waals surface area contributed by atoms with Gasteiger partial charge in [0, 0.05) is 12.6 Å². The van der Waals surface area contributed by atoms with E-state index in [1.807, 2.05) is 0 Å². The SMILES string of the molecule is CC1CCC(C(N)=O)CN1C(=O)CNCC(F)(F)F. The molecule has 1 rings (SSSR count). The Bertz CT molecular complexity index is 347. The van der Waals surface area contributed by atoms with Gasteiger partial charge in [-0.1, -0.05) is 0 Å². The van der Waals surface area contributed by atoms with E-state index in [2.05, 4.69) is 5.32 Å². The number of hydrogen-bond acceptors (Lipinski definition) is 3. The molecule has 110 valence electrons. The van der Waals surface area contributed by atoms with Crippen LogP contribution in [0.3, 0.4) is 0 Å². The lowest BCUT2D eigenvalue weighted by Gasteiger charge is -2.37. The lowest BCUT2D eigenvalue weighted by atomic mass is 9.93. The van der Waals surface area contributed by atoms with Crippen molar-refractivity contribution in [3.63, 3.8) is 0 Å². The first kappa shape index (κ1) is 15.7. The number of carbonyl (C=O) groups excluding carboxylic acids is 2. The topological polar surface area (TPSA) is 75.4 Å². The fourth-order valence-corrected chi connectivity index (χ4v) is 2.10. The Labute approximate surface area is 109 Å². The molecule has 19 heavy (non-hydrogen) atoms. The van der Waals surface area contributed by atoms with Gasteiger partial charge in [-0.3, -0.25) is 9.59 Å². The van der Waals surface area contributed by atoms with Crippen molar-refractivity contribution in [3.8, 4) is 0 Å². The third-order valence-corrected chi connectivity index (χ3v) is 3.21. The van der Waals surface area contributed by atoms with Gasteiger partial charge in [0.05, 0.1) is 19.0 Å². The van der Waals surface area contributed by atoms with Crippen molar-refractivity contribution < 1.29 is 22.8 Å². The van der Waals surface area contributed by atoms with E-state index >= 15 is 0 Å². The van der Waals surface area contributed by atoms with Crippen molar-refractivity contribution in [2.24, 2.45) is 11.7 Å². The highest BCUT2D eigenvalue weighted by Crippen LogP contribution is 2.21. The van der Waals surface area contributed by atoms with Crippen LogP contribution in [0.2, 0.25) is 0 Å². The first-order valence-electron chi connectivity index (χ1n) is 6.07. The molecule has 0 spiro atoms. The molecule has 0 aromatic rings. The molecule has 0 saturated carbocycles. The number of nitrogens with two attached hydrogens (primary N) is 1. The molecular formula is C11H18F3N3O2. The van der Waals surface area contributed by atoms with Crippen LogP contribution in [0.25, 0.3) is 0 Å². The second-order valence-corrected chi connectivity index (χ2v) is 4.79. The molecule has 0 aromatic carbocycles.